The molecule has 1 aliphatic rings. The zero-order valence-electron chi connectivity index (χ0n) is 18.5. The average molecular weight is 414 g/mol. The molecule has 4 aromatic rings. The van der Waals surface area contributed by atoms with Gasteiger partial charge in [0.1, 0.15) is 16.7 Å². The van der Waals surface area contributed by atoms with Crippen molar-refractivity contribution in [2.75, 3.05) is 0 Å². The summed E-state index contributed by atoms with van der Waals surface area (Å²) in [6.07, 6.45) is 13.2. The number of nitrogens with zero attached hydrogens (tertiary/aromatic N) is 5. The summed E-state index contributed by atoms with van der Waals surface area (Å²) in [7, 11) is 0. The van der Waals surface area contributed by atoms with E-state index in [1.807, 2.05) is 10.6 Å². The van der Waals surface area contributed by atoms with E-state index in [-0.39, 0.29) is 0 Å². The number of benzene rings is 1. The van der Waals surface area contributed by atoms with Gasteiger partial charge in [-0.05, 0) is 44.6 Å². The van der Waals surface area contributed by atoms with E-state index < -0.39 is 0 Å². The zero-order valence-corrected chi connectivity index (χ0v) is 18.5. The summed E-state index contributed by atoms with van der Waals surface area (Å²) in [5.41, 5.74) is 8.45. The molecule has 0 aliphatic heterocycles. The zero-order chi connectivity index (χ0) is 21.0. The largest absolute Gasteiger partial charge is 0.249 e. The smallest absolute Gasteiger partial charge is 0.123 e. The Balaban J connectivity index is 1.59. The third-order valence-corrected chi connectivity index (χ3v) is 6.46. The molecule has 0 N–H and O–H groups in total. The van der Waals surface area contributed by atoms with Crippen molar-refractivity contribution in [2.24, 2.45) is 0 Å². The van der Waals surface area contributed by atoms with Crippen molar-refractivity contribution in [3.8, 4) is 11.3 Å². The Bertz CT molecular complexity index is 1180. The van der Waals surface area contributed by atoms with E-state index in [0.717, 1.165) is 52.8 Å². The average Bonchev–Trinajstić information content (AvgIpc) is 3.26. The van der Waals surface area contributed by atoms with Gasteiger partial charge in [0.25, 0.3) is 0 Å². The van der Waals surface area contributed by atoms with Crippen LogP contribution in [0.2, 0.25) is 0 Å². The molecule has 3 aromatic heterocycles. The first-order valence-corrected chi connectivity index (χ1v) is 12.0. The molecule has 5 nitrogen and oxygen atoms in total. The predicted molar refractivity (Wildman–Crippen MR) is 125 cm³/mol. The quantitative estimate of drug-likeness (QED) is 0.326. The van der Waals surface area contributed by atoms with Crippen LogP contribution in [0.5, 0.6) is 0 Å². The molecule has 1 aromatic carbocycles. The Morgan fingerprint density at radius 2 is 1.61 bits per heavy atom. The minimum absolute atomic E-state index is 0.903. The second-order valence-corrected chi connectivity index (χ2v) is 8.78. The minimum atomic E-state index is 0.903. The van der Waals surface area contributed by atoms with Gasteiger partial charge < -0.3 is 0 Å². The third-order valence-electron chi connectivity index (χ3n) is 6.46. The molecule has 1 aliphatic carbocycles. The van der Waals surface area contributed by atoms with Crippen molar-refractivity contribution < 1.29 is 0 Å². The first kappa shape index (κ1) is 20.1. The lowest BCUT2D eigenvalue weighted by molar-refractivity contribution is 0.600. The Hall–Kier alpha value is -2.82. The third kappa shape index (κ3) is 4.06. The van der Waals surface area contributed by atoms with Crippen LogP contribution >= 0.6 is 0 Å². The van der Waals surface area contributed by atoms with Crippen molar-refractivity contribution in [1.29, 1.82) is 0 Å². The molecule has 0 saturated carbocycles. The molecule has 5 rings (SSSR count). The summed E-state index contributed by atoms with van der Waals surface area (Å²) in [6.45, 7) is 2.26. The molecule has 0 spiro atoms. The molecule has 0 fully saturated rings. The minimum Gasteiger partial charge on any atom is -0.249 e. The molecule has 31 heavy (non-hydrogen) atoms. The number of hydrogen-bond donors (Lipinski definition) is 0. The fourth-order valence-corrected chi connectivity index (χ4v) is 4.75. The van der Waals surface area contributed by atoms with Crippen LogP contribution in [-0.4, -0.2) is 24.8 Å². The summed E-state index contributed by atoms with van der Waals surface area (Å²) < 4.78 is 2.03. The van der Waals surface area contributed by atoms with E-state index in [9.17, 15) is 0 Å². The van der Waals surface area contributed by atoms with Gasteiger partial charge in [-0.2, -0.15) is 0 Å². The second kappa shape index (κ2) is 9.13. The second-order valence-electron chi connectivity index (χ2n) is 8.78. The fourth-order valence-electron chi connectivity index (χ4n) is 4.75. The number of rotatable bonds is 8. The van der Waals surface area contributed by atoms with Gasteiger partial charge in [0.05, 0.1) is 16.9 Å². The highest BCUT2D eigenvalue weighted by Crippen LogP contribution is 2.30. The summed E-state index contributed by atoms with van der Waals surface area (Å²) >= 11 is 0. The normalized spacial score (nSPS) is 13.7. The van der Waals surface area contributed by atoms with E-state index in [2.05, 4.69) is 47.6 Å². The highest BCUT2D eigenvalue weighted by Gasteiger charge is 2.20. The summed E-state index contributed by atoms with van der Waals surface area (Å²) in [4.78, 5) is 10.2. The molecule has 0 saturated heterocycles. The van der Waals surface area contributed by atoms with Gasteiger partial charge >= 0.3 is 0 Å². The fraction of sp³-hybridized carbons (Fsp3) is 0.462. The van der Waals surface area contributed by atoms with Crippen LogP contribution in [0.3, 0.4) is 0 Å². The number of aromatic nitrogens is 5. The van der Waals surface area contributed by atoms with Gasteiger partial charge in [0, 0.05) is 11.3 Å². The van der Waals surface area contributed by atoms with Gasteiger partial charge in [-0.3, -0.25) is 0 Å². The van der Waals surface area contributed by atoms with Crippen molar-refractivity contribution >= 4 is 16.6 Å². The highest BCUT2D eigenvalue weighted by atomic mass is 15.4. The summed E-state index contributed by atoms with van der Waals surface area (Å²) in [6, 6.07) is 12.5. The number of unbranched alkanes of at least 4 members (excludes halogenated alkanes) is 5. The molecular weight excluding hydrogens is 382 g/mol. The van der Waals surface area contributed by atoms with Gasteiger partial charge in [0.15, 0.2) is 0 Å². The van der Waals surface area contributed by atoms with Crippen LogP contribution in [0.15, 0.2) is 36.4 Å². The van der Waals surface area contributed by atoms with E-state index in [4.69, 9.17) is 9.97 Å². The van der Waals surface area contributed by atoms with Gasteiger partial charge in [-0.25, -0.2) is 14.5 Å². The maximum absolute atomic E-state index is 5.11. The van der Waals surface area contributed by atoms with Crippen LogP contribution in [0.4, 0.5) is 0 Å². The molecule has 160 valence electrons. The predicted octanol–water partition coefficient (Wildman–Crippen LogP) is 6.12. The molecule has 5 heteroatoms. The first-order chi connectivity index (χ1) is 15.3. The molecule has 0 atom stereocenters. The molecular formula is C26H31N5. The Morgan fingerprint density at radius 1 is 0.871 bits per heavy atom. The van der Waals surface area contributed by atoms with Crippen molar-refractivity contribution in [1.82, 2.24) is 24.8 Å². The van der Waals surface area contributed by atoms with E-state index >= 15 is 0 Å². The van der Waals surface area contributed by atoms with E-state index in [0.29, 0.717) is 0 Å². The Labute approximate surface area is 183 Å². The number of aryl methyl sites for hydroxylation is 3. The Morgan fingerprint density at radius 3 is 2.42 bits per heavy atom. The summed E-state index contributed by atoms with van der Waals surface area (Å²) in [5.74, 6) is 0. The molecule has 3 heterocycles. The number of pyridine rings is 1. The maximum Gasteiger partial charge on any atom is 0.123 e. The van der Waals surface area contributed by atoms with Crippen molar-refractivity contribution in [2.45, 2.75) is 77.6 Å². The van der Waals surface area contributed by atoms with Gasteiger partial charge in [-0.15, -0.1) is 5.10 Å². The van der Waals surface area contributed by atoms with Crippen LogP contribution < -0.4 is 0 Å². The molecule has 0 bridgehead atoms. The monoisotopic (exact) mass is 413 g/mol. The van der Waals surface area contributed by atoms with Crippen LogP contribution in [-0.2, 0) is 19.3 Å². The van der Waals surface area contributed by atoms with Crippen LogP contribution in [0, 0.1) is 0 Å². The molecule has 0 amide bonds. The molecule has 0 radical (unpaired) electrons. The molecule has 0 unspecified atom stereocenters. The lowest BCUT2D eigenvalue weighted by atomic mass is 10.00. The van der Waals surface area contributed by atoms with Crippen molar-refractivity contribution in [3.05, 3.63) is 53.5 Å². The summed E-state index contributed by atoms with van der Waals surface area (Å²) in [5, 5.41) is 9.19. The standard InChI is InChI=1S/C26H31N5/c1-2-3-4-5-6-10-15-20-18-23-25(28-22-17-12-11-16-21(22)27-23)26-24(29-30-31(20)26)19-13-8-7-9-14-19/h7-9,13-14,18H,2-6,10-12,15-17H2,1H3. The van der Waals surface area contributed by atoms with Crippen LogP contribution in [0.1, 0.15) is 75.4 Å². The number of hydrogen-bond acceptors (Lipinski definition) is 4. The van der Waals surface area contributed by atoms with E-state index in [1.165, 1.54) is 62.8 Å². The van der Waals surface area contributed by atoms with E-state index in [1.54, 1.807) is 0 Å². The maximum atomic E-state index is 5.11. The van der Waals surface area contributed by atoms with Gasteiger partial charge in [-0.1, -0.05) is 74.6 Å². The lowest BCUT2D eigenvalue weighted by Crippen LogP contribution is -2.10. The lowest BCUT2D eigenvalue weighted by Gasteiger charge is -2.16. The SMILES string of the molecule is CCCCCCCCc1cc2nc3c(nc2c2c(-c4ccccc4)nnn12)CCCC3. The number of fused-ring (bicyclic) bond motifs is 4. The first-order valence-electron chi connectivity index (χ1n) is 12.0. The topological polar surface area (TPSA) is 56.0 Å². The van der Waals surface area contributed by atoms with Crippen LogP contribution in [0.25, 0.3) is 27.8 Å². The Kier molecular flexibility index (Phi) is 5.92. The van der Waals surface area contributed by atoms with Crippen molar-refractivity contribution in [3.63, 3.8) is 0 Å². The highest BCUT2D eigenvalue weighted by molar-refractivity contribution is 5.98. The van der Waals surface area contributed by atoms with Gasteiger partial charge in [0.2, 0.25) is 0 Å².